The van der Waals surface area contributed by atoms with Crippen LogP contribution in [0.3, 0.4) is 0 Å². The Labute approximate surface area is 126 Å². The third-order valence-electron chi connectivity index (χ3n) is 4.32. The van der Waals surface area contributed by atoms with Gasteiger partial charge in [0, 0.05) is 19.1 Å². The van der Waals surface area contributed by atoms with Crippen molar-refractivity contribution < 1.29 is 10.3 Å². The SMILES string of the molecule is NC(=NO)C(CN(CCO)C1CCCC1)c1ccccc1. The number of oxime groups is 1. The zero-order valence-corrected chi connectivity index (χ0v) is 12.4. The summed E-state index contributed by atoms with van der Waals surface area (Å²) in [4.78, 5) is 2.28. The molecule has 1 aliphatic rings. The molecule has 5 heteroatoms. The van der Waals surface area contributed by atoms with E-state index in [1.807, 2.05) is 30.3 Å². The van der Waals surface area contributed by atoms with Crippen LogP contribution in [0, 0.1) is 0 Å². The summed E-state index contributed by atoms with van der Waals surface area (Å²) >= 11 is 0. The van der Waals surface area contributed by atoms with Crippen LogP contribution in [-0.2, 0) is 0 Å². The molecule has 1 unspecified atom stereocenters. The molecule has 1 saturated carbocycles. The average Bonchev–Trinajstić information content (AvgIpc) is 3.06. The second-order valence-electron chi connectivity index (χ2n) is 5.64. The van der Waals surface area contributed by atoms with E-state index >= 15 is 0 Å². The number of aliphatic hydroxyl groups is 1. The summed E-state index contributed by atoms with van der Waals surface area (Å²) in [6, 6.07) is 10.4. The Balaban J connectivity index is 2.16. The molecule has 0 saturated heterocycles. The van der Waals surface area contributed by atoms with Gasteiger partial charge in [-0.05, 0) is 18.4 Å². The molecular weight excluding hydrogens is 266 g/mol. The number of rotatable bonds is 7. The van der Waals surface area contributed by atoms with Crippen LogP contribution in [0.1, 0.15) is 37.2 Å². The number of benzene rings is 1. The van der Waals surface area contributed by atoms with E-state index in [0.29, 0.717) is 19.1 Å². The second-order valence-corrected chi connectivity index (χ2v) is 5.64. The smallest absolute Gasteiger partial charge is 0.147 e. The minimum atomic E-state index is -0.150. The van der Waals surface area contributed by atoms with Gasteiger partial charge in [0.05, 0.1) is 12.5 Å². The Hall–Kier alpha value is -1.59. The number of nitrogens with two attached hydrogens (primary N) is 1. The lowest BCUT2D eigenvalue weighted by Gasteiger charge is -2.31. The molecule has 0 heterocycles. The summed E-state index contributed by atoms with van der Waals surface area (Å²) in [6.45, 7) is 1.44. The van der Waals surface area contributed by atoms with Crippen LogP contribution < -0.4 is 5.73 Å². The zero-order valence-electron chi connectivity index (χ0n) is 12.4. The van der Waals surface area contributed by atoms with Crippen molar-refractivity contribution in [1.82, 2.24) is 4.90 Å². The van der Waals surface area contributed by atoms with Gasteiger partial charge in [-0.1, -0.05) is 48.3 Å². The first-order valence-electron chi connectivity index (χ1n) is 7.63. The lowest BCUT2D eigenvalue weighted by atomic mass is 9.96. The molecule has 2 rings (SSSR count). The van der Waals surface area contributed by atoms with Crippen LogP contribution in [0.25, 0.3) is 0 Å². The first-order valence-corrected chi connectivity index (χ1v) is 7.63. The fourth-order valence-corrected chi connectivity index (χ4v) is 3.18. The molecule has 0 spiro atoms. The molecule has 5 nitrogen and oxygen atoms in total. The van der Waals surface area contributed by atoms with Crippen LogP contribution in [0.2, 0.25) is 0 Å². The fourth-order valence-electron chi connectivity index (χ4n) is 3.18. The average molecular weight is 291 g/mol. The molecule has 0 aromatic heterocycles. The van der Waals surface area contributed by atoms with Crippen LogP contribution in [-0.4, -0.2) is 46.8 Å². The van der Waals surface area contributed by atoms with Crippen molar-refractivity contribution in [3.05, 3.63) is 35.9 Å². The molecule has 0 aliphatic heterocycles. The van der Waals surface area contributed by atoms with Crippen molar-refractivity contribution in [1.29, 1.82) is 0 Å². The largest absolute Gasteiger partial charge is 0.409 e. The summed E-state index contributed by atoms with van der Waals surface area (Å²) < 4.78 is 0. The topological polar surface area (TPSA) is 82.1 Å². The highest BCUT2D eigenvalue weighted by atomic mass is 16.4. The maximum absolute atomic E-state index is 9.32. The van der Waals surface area contributed by atoms with Gasteiger partial charge in [-0.15, -0.1) is 0 Å². The molecule has 1 atom stereocenters. The Kier molecular flexibility index (Phi) is 6.02. The van der Waals surface area contributed by atoms with Crippen molar-refractivity contribution in [3.63, 3.8) is 0 Å². The number of aliphatic hydroxyl groups excluding tert-OH is 1. The first-order chi connectivity index (χ1) is 10.3. The molecule has 0 bridgehead atoms. The van der Waals surface area contributed by atoms with Crippen LogP contribution in [0.5, 0.6) is 0 Å². The van der Waals surface area contributed by atoms with E-state index < -0.39 is 0 Å². The molecule has 0 radical (unpaired) electrons. The van der Waals surface area contributed by atoms with Crippen molar-refractivity contribution in [2.75, 3.05) is 19.7 Å². The van der Waals surface area contributed by atoms with Gasteiger partial charge in [0.1, 0.15) is 5.84 Å². The summed E-state index contributed by atoms with van der Waals surface area (Å²) in [5, 5.41) is 21.6. The molecule has 21 heavy (non-hydrogen) atoms. The third-order valence-corrected chi connectivity index (χ3v) is 4.32. The Morgan fingerprint density at radius 3 is 2.52 bits per heavy atom. The van der Waals surface area contributed by atoms with Gasteiger partial charge in [-0.3, -0.25) is 4.90 Å². The Morgan fingerprint density at radius 1 is 1.29 bits per heavy atom. The van der Waals surface area contributed by atoms with Crippen molar-refractivity contribution in [2.24, 2.45) is 10.9 Å². The van der Waals surface area contributed by atoms with E-state index in [-0.39, 0.29) is 18.4 Å². The lowest BCUT2D eigenvalue weighted by molar-refractivity contribution is 0.149. The van der Waals surface area contributed by atoms with E-state index in [1.54, 1.807) is 0 Å². The maximum Gasteiger partial charge on any atom is 0.147 e. The van der Waals surface area contributed by atoms with Crippen molar-refractivity contribution in [3.8, 4) is 0 Å². The first kappa shape index (κ1) is 15.8. The summed E-state index contributed by atoms with van der Waals surface area (Å²) in [7, 11) is 0. The minimum absolute atomic E-state index is 0.133. The Morgan fingerprint density at radius 2 is 1.95 bits per heavy atom. The van der Waals surface area contributed by atoms with E-state index in [2.05, 4.69) is 10.1 Å². The van der Waals surface area contributed by atoms with E-state index in [1.165, 1.54) is 12.8 Å². The predicted octanol–water partition coefficient (Wildman–Crippen LogP) is 1.75. The zero-order chi connectivity index (χ0) is 15.1. The molecule has 1 aromatic carbocycles. The number of hydrogen-bond acceptors (Lipinski definition) is 4. The van der Waals surface area contributed by atoms with E-state index in [4.69, 9.17) is 10.9 Å². The van der Waals surface area contributed by atoms with E-state index in [9.17, 15) is 5.11 Å². The van der Waals surface area contributed by atoms with Crippen LogP contribution in [0.4, 0.5) is 0 Å². The maximum atomic E-state index is 9.32. The van der Waals surface area contributed by atoms with Gasteiger partial charge in [0.15, 0.2) is 0 Å². The fraction of sp³-hybridized carbons (Fsp3) is 0.562. The van der Waals surface area contributed by atoms with Crippen molar-refractivity contribution >= 4 is 5.84 Å². The normalized spacial score (nSPS) is 18.3. The molecule has 1 fully saturated rings. The lowest BCUT2D eigenvalue weighted by Crippen LogP contribution is -2.41. The highest BCUT2D eigenvalue weighted by Gasteiger charge is 2.27. The highest BCUT2D eigenvalue weighted by molar-refractivity contribution is 5.87. The summed E-state index contributed by atoms with van der Waals surface area (Å²) in [5.74, 6) is 0.0745. The van der Waals surface area contributed by atoms with Gasteiger partial charge in [-0.2, -0.15) is 0 Å². The van der Waals surface area contributed by atoms with Gasteiger partial charge < -0.3 is 16.0 Å². The third kappa shape index (κ3) is 4.19. The van der Waals surface area contributed by atoms with Gasteiger partial charge in [-0.25, -0.2) is 0 Å². The van der Waals surface area contributed by atoms with Gasteiger partial charge in [0.2, 0.25) is 0 Å². The molecule has 1 aliphatic carbocycles. The van der Waals surface area contributed by atoms with Gasteiger partial charge in [0.25, 0.3) is 0 Å². The van der Waals surface area contributed by atoms with Gasteiger partial charge >= 0.3 is 0 Å². The Bertz CT molecular complexity index is 444. The van der Waals surface area contributed by atoms with Crippen LogP contribution in [0.15, 0.2) is 35.5 Å². The highest BCUT2D eigenvalue weighted by Crippen LogP contribution is 2.26. The predicted molar refractivity (Wildman–Crippen MR) is 83.5 cm³/mol. The molecule has 1 aromatic rings. The number of nitrogens with zero attached hydrogens (tertiary/aromatic N) is 2. The molecule has 0 amide bonds. The monoisotopic (exact) mass is 291 g/mol. The quantitative estimate of drug-likeness (QED) is 0.309. The summed E-state index contributed by atoms with van der Waals surface area (Å²) in [6.07, 6.45) is 4.81. The standard InChI is InChI=1S/C16H25N3O2/c17-16(18-21)15(13-6-2-1-3-7-13)12-19(10-11-20)14-8-4-5-9-14/h1-3,6-7,14-15,20-21H,4-5,8-12H2,(H2,17,18). The molecule has 116 valence electrons. The number of amidine groups is 1. The van der Waals surface area contributed by atoms with Crippen LogP contribution >= 0.6 is 0 Å². The molecule has 4 N–H and O–H groups in total. The summed E-state index contributed by atoms with van der Waals surface area (Å²) in [5.41, 5.74) is 6.94. The second kappa shape index (κ2) is 8.00. The minimum Gasteiger partial charge on any atom is -0.409 e. The number of hydrogen-bond donors (Lipinski definition) is 3. The van der Waals surface area contributed by atoms with Crippen molar-refractivity contribution in [2.45, 2.75) is 37.6 Å². The molecular formula is C16H25N3O2. The van der Waals surface area contributed by atoms with E-state index in [0.717, 1.165) is 18.4 Å².